The standard InChI is InChI=1S/C15H9NO5S/c17-13-9-3-1-8(15(20)21)6-12(9)22-11-4-2-7(14(18)19)5-10(11)16-13/h1-6H,(H,16,17)(H,18,19)(H,20,21). The molecule has 0 aromatic heterocycles. The number of aromatic carboxylic acids is 2. The molecule has 2 aromatic rings. The highest BCUT2D eigenvalue weighted by molar-refractivity contribution is 7.99. The average molecular weight is 315 g/mol. The van der Waals surface area contributed by atoms with Crippen LogP contribution in [0.3, 0.4) is 0 Å². The molecule has 1 aliphatic heterocycles. The maximum Gasteiger partial charge on any atom is 0.335 e. The molecule has 6 nitrogen and oxygen atoms in total. The van der Waals surface area contributed by atoms with E-state index in [1.54, 1.807) is 6.07 Å². The van der Waals surface area contributed by atoms with E-state index in [2.05, 4.69) is 5.32 Å². The molecule has 3 rings (SSSR count). The monoisotopic (exact) mass is 315 g/mol. The molecule has 0 saturated heterocycles. The van der Waals surface area contributed by atoms with Gasteiger partial charge in [-0.05, 0) is 36.4 Å². The van der Waals surface area contributed by atoms with Gasteiger partial charge in [0.05, 0.1) is 22.4 Å². The Bertz CT molecular complexity index is 831. The molecule has 2 aromatic carbocycles. The quantitative estimate of drug-likeness (QED) is 0.787. The second-order valence-electron chi connectivity index (χ2n) is 4.59. The number of carbonyl (C=O) groups excluding carboxylic acids is 1. The Labute approximate surface area is 128 Å². The van der Waals surface area contributed by atoms with Crippen molar-refractivity contribution in [1.29, 1.82) is 0 Å². The highest BCUT2D eigenvalue weighted by atomic mass is 32.2. The summed E-state index contributed by atoms with van der Waals surface area (Å²) < 4.78 is 0. The smallest absolute Gasteiger partial charge is 0.335 e. The maximum atomic E-state index is 12.2. The zero-order chi connectivity index (χ0) is 15.9. The molecule has 22 heavy (non-hydrogen) atoms. The predicted molar refractivity (Wildman–Crippen MR) is 78.9 cm³/mol. The Morgan fingerprint density at radius 2 is 1.55 bits per heavy atom. The Morgan fingerprint density at radius 1 is 0.909 bits per heavy atom. The average Bonchev–Trinajstić information content (AvgIpc) is 2.61. The molecule has 0 saturated carbocycles. The van der Waals surface area contributed by atoms with E-state index in [0.29, 0.717) is 21.0 Å². The zero-order valence-corrected chi connectivity index (χ0v) is 11.8. The summed E-state index contributed by atoms with van der Waals surface area (Å²) >= 11 is 1.22. The van der Waals surface area contributed by atoms with Crippen LogP contribution in [0.5, 0.6) is 0 Å². The van der Waals surface area contributed by atoms with Gasteiger partial charge in [0.15, 0.2) is 0 Å². The fourth-order valence-electron chi connectivity index (χ4n) is 2.09. The number of hydrogen-bond donors (Lipinski definition) is 3. The molecule has 1 amide bonds. The molecule has 1 heterocycles. The van der Waals surface area contributed by atoms with Gasteiger partial charge in [0.25, 0.3) is 5.91 Å². The number of fused-ring (bicyclic) bond motifs is 2. The van der Waals surface area contributed by atoms with Crippen molar-refractivity contribution in [3.8, 4) is 0 Å². The first-order valence-electron chi connectivity index (χ1n) is 6.19. The molecule has 0 radical (unpaired) electrons. The van der Waals surface area contributed by atoms with Crippen molar-refractivity contribution in [1.82, 2.24) is 0 Å². The molecule has 3 N–H and O–H groups in total. The van der Waals surface area contributed by atoms with Gasteiger partial charge in [0.1, 0.15) is 0 Å². The number of anilines is 1. The van der Waals surface area contributed by atoms with Crippen LogP contribution in [-0.2, 0) is 0 Å². The van der Waals surface area contributed by atoms with E-state index in [0.717, 1.165) is 0 Å². The second-order valence-corrected chi connectivity index (χ2v) is 5.67. The lowest BCUT2D eigenvalue weighted by atomic mass is 10.1. The number of benzene rings is 2. The summed E-state index contributed by atoms with van der Waals surface area (Å²) in [5.74, 6) is -2.56. The number of carbonyl (C=O) groups is 3. The van der Waals surface area contributed by atoms with Gasteiger partial charge in [-0.3, -0.25) is 4.79 Å². The lowest BCUT2D eigenvalue weighted by Gasteiger charge is -2.06. The van der Waals surface area contributed by atoms with Crippen LogP contribution < -0.4 is 5.32 Å². The fourth-order valence-corrected chi connectivity index (χ4v) is 3.13. The van der Waals surface area contributed by atoms with Crippen LogP contribution in [0.4, 0.5) is 5.69 Å². The van der Waals surface area contributed by atoms with Gasteiger partial charge in [-0.15, -0.1) is 0 Å². The molecular weight excluding hydrogens is 306 g/mol. The highest BCUT2D eigenvalue weighted by Gasteiger charge is 2.22. The molecule has 7 heteroatoms. The van der Waals surface area contributed by atoms with Gasteiger partial charge in [0, 0.05) is 9.79 Å². The summed E-state index contributed by atoms with van der Waals surface area (Å²) in [5, 5.41) is 20.7. The van der Waals surface area contributed by atoms with Crippen molar-refractivity contribution in [3.05, 3.63) is 53.1 Å². The minimum atomic E-state index is -1.09. The van der Waals surface area contributed by atoms with Crippen molar-refractivity contribution in [2.45, 2.75) is 9.79 Å². The minimum Gasteiger partial charge on any atom is -0.478 e. The third-order valence-electron chi connectivity index (χ3n) is 3.17. The van der Waals surface area contributed by atoms with Crippen LogP contribution in [-0.4, -0.2) is 28.1 Å². The first-order valence-corrected chi connectivity index (χ1v) is 7.01. The normalized spacial score (nSPS) is 12.6. The van der Waals surface area contributed by atoms with Gasteiger partial charge >= 0.3 is 11.9 Å². The van der Waals surface area contributed by atoms with Crippen molar-refractivity contribution in [3.63, 3.8) is 0 Å². The van der Waals surface area contributed by atoms with Gasteiger partial charge in [-0.2, -0.15) is 0 Å². The summed E-state index contributed by atoms with van der Waals surface area (Å²) in [5.41, 5.74) is 0.896. The van der Waals surface area contributed by atoms with Crippen molar-refractivity contribution in [2.24, 2.45) is 0 Å². The summed E-state index contributed by atoms with van der Waals surface area (Å²) in [7, 11) is 0. The molecule has 0 fully saturated rings. The van der Waals surface area contributed by atoms with E-state index in [1.807, 2.05) is 0 Å². The van der Waals surface area contributed by atoms with E-state index in [9.17, 15) is 14.4 Å². The van der Waals surface area contributed by atoms with E-state index in [4.69, 9.17) is 10.2 Å². The topological polar surface area (TPSA) is 104 Å². The molecule has 0 unspecified atom stereocenters. The zero-order valence-electron chi connectivity index (χ0n) is 11.0. The number of carboxylic acid groups (broad SMARTS) is 2. The Kier molecular flexibility index (Phi) is 3.34. The highest BCUT2D eigenvalue weighted by Crippen LogP contribution is 2.39. The first kappa shape index (κ1) is 14.2. The van der Waals surface area contributed by atoms with Crippen LogP contribution >= 0.6 is 11.8 Å². The van der Waals surface area contributed by atoms with Gasteiger partial charge < -0.3 is 15.5 Å². The molecule has 0 aliphatic carbocycles. The number of rotatable bonds is 2. The molecule has 0 bridgehead atoms. The lowest BCUT2D eigenvalue weighted by Crippen LogP contribution is -2.12. The minimum absolute atomic E-state index is 0.0665. The Morgan fingerprint density at radius 3 is 2.23 bits per heavy atom. The lowest BCUT2D eigenvalue weighted by molar-refractivity contribution is 0.0686. The van der Waals surface area contributed by atoms with Crippen LogP contribution in [0.1, 0.15) is 31.1 Å². The molecule has 0 atom stereocenters. The van der Waals surface area contributed by atoms with Crippen LogP contribution in [0.15, 0.2) is 46.2 Å². The summed E-state index contributed by atoms with van der Waals surface area (Å²) in [6.45, 7) is 0. The van der Waals surface area contributed by atoms with E-state index in [-0.39, 0.29) is 11.1 Å². The van der Waals surface area contributed by atoms with Crippen molar-refractivity contribution in [2.75, 3.05) is 5.32 Å². The van der Waals surface area contributed by atoms with E-state index < -0.39 is 17.8 Å². The third kappa shape index (κ3) is 2.42. The third-order valence-corrected chi connectivity index (χ3v) is 4.30. The van der Waals surface area contributed by atoms with E-state index in [1.165, 1.54) is 42.1 Å². The van der Waals surface area contributed by atoms with Crippen LogP contribution in [0.2, 0.25) is 0 Å². The van der Waals surface area contributed by atoms with Gasteiger partial charge in [-0.25, -0.2) is 9.59 Å². The summed E-state index contributed by atoms with van der Waals surface area (Å²) in [4.78, 5) is 35.4. The molecule has 0 spiro atoms. The number of amides is 1. The predicted octanol–water partition coefficient (Wildman–Crippen LogP) is 2.80. The van der Waals surface area contributed by atoms with Crippen LogP contribution in [0, 0.1) is 0 Å². The SMILES string of the molecule is O=C(O)c1ccc2c(c1)NC(=O)c1ccc(C(=O)O)cc1S2. The van der Waals surface area contributed by atoms with E-state index >= 15 is 0 Å². The summed E-state index contributed by atoms with van der Waals surface area (Å²) in [6.07, 6.45) is 0. The largest absolute Gasteiger partial charge is 0.478 e. The number of nitrogens with one attached hydrogen (secondary N) is 1. The molecular formula is C15H9NO5S. The fraction of sp³-hybridized carbons (Fsp3) is 0. The molecule has 1 aliphatic rings. The van der Waals surface area contributed by atoms with Crippen LogP contribution in [0.25, 0.3) is 0 Å². The van der Waals surface area contributed by atoms with Crippen molar-refractivity contribution >= 4 is 35.3 Å². The first-order chi connectivity index (χ1) is 10.5. The number of carboxylic acids is 2. The Hall–Kier alpha value is -2.80. The molecule has 110 valence electrons. The summed E-state index contributed by atoms with van der Waals surface area (Å²) in [6, 6.07) is 8.65. The Balaban J connectivity index is 2.11. The van der Waals surface area contributed by atoms with Gasteiger partial charge in [0.2, 0.25) is 0 Å². The van der Waals surface area contributed by atoms with Gasteiger partial charge in [-0.1, -0.05) is 11.8 Å². The maximum absolute atomic E-state index is 12.2. The second kappa shape index (κ2) is 5.19. The van der Waals surface area contributed by atoms with Crippen molar-refractivity contribution < 1.29 is 24.6 Å². The number of hydrogen-bond acceptors (Lipinski definition) is 4.